The van der Waals surface area contributed by atoms with Crippen LogP contribution in [0.25, 0.3) is 10.7 Å². The molecule has 0 aliphatic heterocycles. The third-order valence-corrected chi connectivity index (χ3v) is 3.19. The first-order valence-corrected chi connectivity index (χ1v) is 6.14. The molecular weight excluding hydrogens is 238 g/mol. The molecule has 0 atom stereocenters. The molecule has 90 valence electrons. The number of H-pyrrole nitrogens is 1. The highest BCUT2D eigenvalue weighted by molar-refractivity contribution is 7.14. The first-order valence-electron chi connectivity index (χ1n) is 5.32. The number of hydrogen-bond acceptors (Lipinski definition) is 6. The summed E-state index contributed by atoms with van der Waals surface area (Å²) in [6.07, 6.45) is 1.94. The standard InChI is InChI=1S/C10H13N5OS/c1-11-6-2-3-9-14-15-10(17-9)7-4-5-8(16)13-12-7/h4-5,11H,2-3,6H2,1H3,(H,13,16). The largest absolute Gasteiger partial charge is 0.320 e. The van der Waals surface area contributed by atoms with E-state index in [1.807, 2.05) is 7.05 Å². The molecule has 2 heterocycles. The number of nitrogens with zero attached hydrogens (tertiary/aromatic N) is 3. The molecule has 0 amide bonds. The summed E-state index contributed by atoms with van der Waals surface area (Å²) in [4.78, 5) is 10.9. The van der Waals surface area contributed by atoms with Gasteiger partial charge in [0.25, 0.3) is 5.56 Å². The van der Waals surface area contributed by atoms with Crippen LogP contribution in [0.1, 0.15) is 11.4 Å². The second-order valence-corrected chi connectivity index (χ2v) is 4.58. The smallest absolute Gasteiger partial charge is 0.264 e. The molecule has 0 aliphatic carbocycles. The summed E-state index contributed by atoms with van der Waals surface area (Å²) in [5.41, 5.74) is 0.439. The first-order chi connectivity index (χ1) is 8.29. The molecule has 17 heavy (non-hydrogen) atoms. The van der Waals surface area contributed by atoms with Crippen LogP contribution in [0.2, 0.25) is 0 Å². The van der Waals surface area contributed by atoms with E-state index >= 15 is 0 Å². The number of nitrogens with one attached hydrogen (secondary N) is 2. The molecule has 0 radical (unpaired) electrons. The highest BCUT2D eigenvalue weighted by atomic mass is 32.1. The van der Waals surface area contributed by atoms with Crippen LogP contribution in [0.4, 0.5) is 0 Å². The van der Waals surface area contributed by atoms with E-state index < -0.39 is 0 Å². The molecule has 0 saturated carbocycles. The lowest BCUT2D eigenvalue weighted by molar-refractivity contribution is 0.718. The molecule has 7 heteroatoms. The Hall–Kier alpha value is -1.60. The summed E-state index contributed by atoms with van der Waals surface area (Å²) in [6.45, 7) is 0.964. The number of hydrogen-bond donors (Lipinski definition) is 2. The van der Waals surface area contributed by atoms with E-state index in [4.69, 9.17) is 0 Å². The van der Waals surface area contributed by atoms with E-state index in [9.17, 15) is 4.79 Å². The lowest BCUT2D eigenvalue weighted by Gasteiger charge is -1.94. The molecule has 2 rings (SSSR count). The quantitative estimate of drug-likeness (QED) is 0.753. The van der Waals surface area contributed by atoms with Crippen molar-refractivity contribution in [3.05, 3.63) is 27.5 Å². The van der Waals surface area contributed by atoms with Gasteiger partial charge >= 0.3 is 0 Å². The third kappa shape index (κ3) is 3.18. The van der Waals surface area contributed by atoms with Crippen LogP contribution in [0, 0.1) is 0 Å². The van der Waals surface area contributed by atoms with Crippen molar-refractivity contribution >= 4 is 11.3 Å². The molecule has 0 fully saturated rings. The zero-order valence-electron chi connectivity index (χ0n) is 9.43. The van der Waals surface area contributed by atoms with Crippen molar-refractivity contribution in [1.29, 1.82) is 0 Å². The predicted molar refractivity (Wildman–Crippen MR) is 66.0 cm³/mol. The second kappa shape index (κ2) is 5.65. The molecule has 0 unspecified atom stereocenters. The molecule has 2 aromatic rings. The number of aryl methyl sites for hydroxylation is 1. The predicted octanol–water partition coefficient (Wildman–Crippen LogP) is 0.440. The monoisotopic (exact) mass is 251 g/mol. The first kappa shape index (κ1) is 11.9. The van der Waals surface area contributed by atoms with Crippen molar-refractivity contribution in [3.63, 3.8) is 0 Å². The summed E-state index contributed by atoms with van der Waals surface area (Å²) < 4.78 is 0. The molecule has 2 aromatic heterocycles. The van der Waals surface area contributed by atoms with E-state index in [-0.39, 0.29) is 5.56 Å². The van der Waals surface area contributed by atoms with Crippen molar-refractivity contribution in [1.82, 2.24) is 25.7 Å². The van der Waals surface area contributed by atoms with Gasteiger partial charge in [-0.15, -0.1) is 10.2 Å². The highest BCUT2D eigenvalue weighted by Crippen LogP contribution is 2.20. The number of aromatic amines is 1. The van der Waals surface area contributed by atoms with Gasteiger partial charge in [0.1, 0.15) is 10.7 Å². The maximum absolute atomic E-state index is 10.9. The number of rotatable bonds is 5. The second-order valence-electron chi connectivity index (χ2n) is 3.51. The number of aromatic nitrogens is 4. The fourth-order valence-corrected chi connectivity index (χ4v) is 2.19. The van der Waals surface area contributed by atoms with Gasteiger partial charge in [0, 0.05) is 12.5 Å². The Labute approximate surface area is 102 Å². The van der Waals surface area contributed by atoms with Crippen molar-refractivity contribution in [2.75, 3.05) is 13.6 Å². The van der Waals surface area contributed by atoms with Crippen LogP contribution in [0.3, 0.4) is 0 Å². The molecule has 6 nitrogen and oxygen atoms in total. The lowest BCUT2D eigenvalue weighted by Crippen LogP contribution is -2.08. The van der Waals surface area contributed by atoms with E-state index in [1.165, 1.54) is 17.4 Å². The van der Waals surface area contributed by atoms with Gasteiger partial charge in [0.05, 0.1) is 0 Å². The van der Waals surface area contributed by atoms with Gasteiger partial charge < -0.3 is 5.32 Å². The minimum absolute atomic E-state index is 0.215. The van der Waals surface area contributed by atoms with Gasteiger partial charge in [0.2, 0.25) is 0 Å². The Morgan fingerprint density at radius 3 is 3.00 bits per heavy atom. The average Bonchev–Trinajstić information content (AvgIpc) is 2.79. The Morgan fingerprint density at radius 1 is 1.41 bits per heavy atom. The molecular formula is C10H13N5OS. The maximum Gasteiger partial charge on any atom is 0.264 e. The molecule has 0 aliphatic rings. The Balaban J connectivity index is 2.07. The van der Waals surface area contributed by atoms with Gasteiger partial charge in [-0.3, -0.25) is 4.79 Å². The minimum atomic E-state index is -0.215. The summed E-state index contributed by atoms with van der Waals surface area (Å²) in [5, 5.41) is 19.3. The summed E-state index contributed by atoms with van der Waals surface area (Å²) in [7, 11) is 1.93. The molecule has 0 spiro atoms. The fourth-order valence-electron chi connectivity index (χ4n) is 1.34. The fraction of sp³-hybridized carbons (Fsp3) is 0.400. The van der Waals surface area contributed by atoms with Gasteiger partial charge in [-0.2, -0.15) is 5.10 Å². The zero-order chi connectivity index (χ0) is 12.1. The highest BCUT2D eigenvalue weighted by Gasteiger charge is 2.07. The van der Waals surface area contributed by atoms with E-state index in [0.29, 0.717) is 5.69 Å². The summed E-state index contributed by atoms with van der Waals surface area (Å²) >= 11 is 1.51. The van der Waals surface area contributed by atoms with Crippen LogP contribution < -0.4 is 10.9 Å². The van der Waals surface area contributed by atoms with Crippen LogP contribution in [-0.2, 0) is 6.42 Å². The Morgan fingerprint density at radius 2 is 2.29 bits per heavy atom. The summed E-state index contributed by atoms with van der Waals surface area (Å²) in [5.74, 6) is 0. The Bertz CT molecular complexity index is 515. The lowest BCUT2D eigenvalue weighted by atomic mass is 10.3. The molecule has 0 bridgehead atoms. The van der Waals surface area contributed by atoms with Gasteiger partial charge in [-0.25, -0.2) is 5.10 Å². The summed E-state index contributed by atoms with van der Waals surface area (Å²) in [6, 6.07) is 3.08. The van der Waals surface area contributed by atoms with Crippen LogP contribution in [0.15, 0.2) is 16.9 Å². The third-order valence-electron chi connectivity index (χ3n) is 2.18. The Kier molecular flexibility index (Phi) is 3.94. The van der Waals surface area contributed by atoms with E-state index in [2.05, 4.69) is 25.7 Å². The SMILES string of the molecule is CNCCCc1nnc(-c2ccc(=O)[nH]n2)s1. The minimum Gasteiger partial charge on any atom is -0.320 e. The zero-order valence-corrected chi connectivity index (χ0v) is 10.3. The molecule has 2 N–H and O–H groups in total. The van der Waals surface area contributed by atoms with Crippen molar-refractivity contribution in [2.45, 2.75) is 12.8 Å². The average molecular weight is 251 g/mol. The maximum atomic E-state index is 10.9. The van der Waals surface area contributed by atoms with Crippen LogP contribution in [0.5, 0.6) is 0 Å². The van der Waals surface area contributed by atoms with Crippen molar-refractivity contribution in [3.8, 4) is 10.7 Å². The normalized spacial score (nSPS) is 10.6. The van der Waals surface area contributed by atoms with Crippen molar-refractivity contribution < 1.29 is 0 Å². The molecule has 0 aromatic carbocycles. The molecule has 0 saturated heterocycles. The van der Waals surface area contributed by atoms with E-state index in [1.54, 1.807) is 6.07 Å². The van der Waals surface area contributed by atoms with Crippen molar-refractivity contribution in [2.24, 2.45) is 0 Å². The van der Waals surface area contributed by atoms with Crippen LogP contribution >= 0.6 is 11.3 Å². The van der Waals surface area contributed by atoms with Crippen LogP contribution in [-0.4, -0.2) is 34.0 Å². The topological polar surface area (TPSA) is 83.6 Å². The van der Waals surface area contributed by atoms with Gasteiger partial charge in [-0.1, -0.05) is 11.3 Å². The van der Waals surface area contributed by atoms with Gasteiger partial charge in [-0.05, 0) is 26.1 Å². The van der Waals surface area contributed by atoms with Gasteiger partial charge in [0.15, 0.2) is 5.01 Å². The van der Waals surface area contributed by atoms with E-state index in [0.717, 1.165) is 29.4 Å².